The number of aliphatic hydroxyl groups excluding tert-OH is 1. The highest BCUT2D eigenvalue weighted by atomic mass is 16.6. The molecule has 5 aliphatic carbocycles. The summed E-state index contributed by atoms with van der Waals surface area (Å²) in [6.45, 7) is 26.3. The summed E-state index contributed by atoms with van der Waals surface area (Å²) in [4.78, 5) is 40.1. The topological polar surface area (TPSA) is 153 Å². The largest absolute Gasteiger partial charge is 0.460 e. The normalized spacial score (nSPS) is 41.9. The van der Waals surface area contributed by atoms with E-state index in [-0.39, 0.29) is 58.2 Å². The van der Waals surface area contributed by atoms with Crippen LogP contribution in [0.1, 0.15) is 167 Å². The summed E-state index contributed by atoms with van der Waals surface area (Å²) in [5.41, 5.74) is -3.08. The minimum absolute atomic E-state index is 0.111. The minimum atomic E-state index is -1.02. The van der Waals surface area contributed by atoms with Crippen LogP contribution in [0, 0.1) is 44.8 Å². The van der Waals surface area contributed by atoms with E-state index in [0.29, 0.717) is 31.1 Å². The standard InChI is InChI=1S/C45H76N2O9/c1-37(2,3)55-35(50)46-24-14-15-27(47-36(51)56-38(4,5)6)34(49)53-28-25-42(12)30-17-16-29-39(7,8)31(48)18-21-44(29)26-45(30,44)23-22-41(42,11)33(28)43(13)20-19-32(54-43)40(9,10)52/h27-33,48,52H,14-26H2,1-13H3,(H,46,50)(H,47,51)/t27-,28-,29-,30?,31-,32-,33-,41+,42-,43+,44+,45?/m0/s1. The summed E-state index contributed by atoms with van der Waals surface area (Å²) in [5, 5.41) is 27.9. The van der Waals surface area contributed by atoms with Crippen molar-refractivity contribution in [1.29, 1.82) is 0 Å². The van der Waals surface area contributed by atoms with Crippen LogP contribution in [0.25, 0.3) is 0 Å². The molecule has 0 radical (unpaired) electrons. The maximum atomic E-state index is 14.6. The van der Waals surface area contributed by atoms with Gasteiger partial charge in [0.1, 0.15) is 23.3 Å². The van der Waals surface area contributed by atoms with E-state index < -0.39 is 52.7 Å². The Hall–Kier alpha value is -2.11. The zero-order chi connectivity index (χ0) is 41.7. The fourth-order valence-electron chi connectivity index (χ4n) is 13.9. The number of amides is 2. The van der Waals surface area contributed by atoms with Crippen LogP contribution in [0.2, 0.25) is 0 Å². The Balaban J connectivity index is 1.29. The van der Waals surface area contributed by atoms with Gasteiger partial charge in [0.05, 0.1) is 23.4 Å². The molecule has 0 aromatic rings. The smallest absolute Gasteiger partial charge is 0.408 e. The molecule has 11 nitrogen and oxygen atoms in total. The van der Waals surface area contributed by atoms with Crippen molar-refractivity contribution in [1.82, 2.24) is 10.6 Å². The highest BCUT2D eigenvalue weighted by molar-refractivity contribution is 5.81. The molecule has 5 saturated carbocycles. The van der Waals surface area contributed by atoms with Crippen LogP contribution in [0.4, 0.5) is 9.59 Å². The molecule has 11 heteroatoms. The van der Waals surface area contributed by atoms with Crippen molar-refractivity contribution in [3.05, 3.63) is 0 Å². The van der Waals surface area contributed by atoms with Gasteiger partial charge in [-0.2, -0.15) is 0 Å². The third kappa shape index (κ3) is 7.39. The predicted molar refractivity (Wildman–Crippen MR) is 214 cm³/mol. The molecule has 320 valence electrons. The Kier molecular flexibility index (Phi) is 10.9. The van der Waals surface area contributed by atoms with E-state index in [4.69, 9.17) is 18.9 Å². The quantitative estimate of drug-likeness (QED) is 0.103. The van der Waals surface area contributed by atoms with Crippen LogP contribution in [-0.4, -0.2) is 81.7 Å². The number of nitrogens with one attached hydrogen (secondary N) is 2. The van der Waals surface area contributed by atoms with Gasteiger partial charge in [0.2, 0.25) is 0 Å². The van der Waals surface area contributed by atoms with E-state index in [1.54, 1.807) is 41.5 Å². The Morgan fingerprint density at radius 3 is 2.00 bits per heavy atom. The number of hydrogen-bond donors (Lipinski definition) is 4. The zero-order valence-corrected chi connectivity index (χ0v) is 37.0. The monoisotopic (exact) mass is 789 g/mol. The lowest BCUT2D eigenvalue weighted by Crippen LogP contribution is -2.59. The van der Waals surface area contributed by atoms with E-state index in [0.717, 1.165) is 44.9 Å². The second-order valence-electron chi connectivity index (χ2n) is 22.9. The van der Waals surface area contributed by atoms with Gasteiger partial charge in [-0.15, -0.1) is 0 Å². The summed E-state index contributed by atoms with van der Waals surface area (Å²) in [6.07, 6.45) is 7.95. The van der Waals surface area contributed by atoms with E-state index >= 15 is 0 Å². The van der Waals surface area contributed by atoms with Gasteiger partial charge < -0.3 is 39.8 Å². The number of hydrogen-bond acceptors (Lipinski definition) is 9. The SMILES string of the molecule is CC(C)(C)OC(=O)NCCC[C@H](NC(=O)OC(C)(C)C)C(=O)O[C@H]1C[C@@]2(C)C3CC[C@H]4C(C)(C)[C@@H](O)CC[C@@]45CC35CC[C@]2(C)[C@H]1[C@@]1(C)CC[C@@H](C(C)(C)O)O1. The molecular weight excluding hydrogens is 712 g/mol. The van der Waals surface area contributed by atoms with Gasteiger partial charge in [-0.1, -0.05) is 27.7 Å². The van der Waals surface area contributed by atoms with Crippen molar-refractivity contribution in [2.45, 2.75) is 214 Å². The predicted octanol–water partition coefficient (Wildman–Crippen LogP) is 8.21. The van der Waals surface area contributed by atoms with Gasteiger partial charge in [-0.3, -0.25) is 0 Å². The second-order valence-corrected chi connectivity index (χ2v) is 22.9. The third-order valence-electron chi connectivity index (χ3n) is 16.4. The van der Waals surface area contributed by atoms with Gasteiger partial charge in [-0.05, 0) is 178 Å². The molecule has 6 fully saturated rings. The number of esters is 1. The fraction of sp³-hybridized carbons (Fsp3) is 0.933. The number of carbonyl (C=O) groups excluding carboxylic acids is 3. The Bertz CT molecular complexity index is 1530. The van der Waals surface area contributed by atoms with Gasteiger partial charge in [0, 0.05) is 12.5 Å². The van der Waals surface area contributed by atoms with Crippen molar-refractivity contribution >= 4 is 18.2 Å². The van der Waals surface area contributed by atoms with Crippen molar-refractivity contribution in [3.8, 4) is 0 Å². The maximum Gasteiger partial charge on any atom is 0.408 e. The van der Waals surface area contributed by atoms with E-state index in [9.17, 15) is 24.6 Å². The molecule has 56 heavy (non-hydrogen) atoms. The molecular formula is C45H76N2O9. The first-order chi connectivity index (χ1) is 25.5. The van der Waals surface area contributed by atoms with E-state index in [1.165, 1.54) is 6.42 Å². The van der Waals surface area contributed by atoms with Crippen LogP contribution in [0.15, 0.2) is 0 Å². The molecule has 6 aliphatic rings. The van der Waals surface area contributed by atoms with Crippen LogP contribution in [0.5, 0.6) is 0 Å². The van der Waals surface area contributed by atoms with Crippen molar-refractivity contribution in [3.63, 3.8) is 0 Å². The van der Waals surface area contributed by atoms with Crippen LogP contribution in [0.3, 0.4) is 0 Å². The average Bonchev–Trinajstić information content (AvgIpc) is 3.41. The second kappa shape index (κ2) is 14.0. The van der Waals surface area contributed by atoms with Gasteiger partial charge >= 0.3 is 18.2 Å². The fourth-order valence-corrected chi connectivity index (χ4v) is 13.9. The molecule has 1 saturated heterocycles. The number of fused-ring (bicyclic) bond motifs is 2. The molecule has 0 aromatic carbocycles. The van der Waals surface area contributed by atoms with Crippen LogP contribution in [-0.2, 0) is 23.7 Å². The minimum Gasteiger partial charge on any atom is -0.460 e. The number of aliphatic hydroxyl groups is 2. The molecule has 2 amide bonds. The summed E-state index contributed by atoms with van der Waals surface area (Å²) >= 11 is 0. The lowest BCUT2D eigenvalue weighted by atomic mass is 9.41. The lowest BCUT2D eigenvalue weighted by Gasteiger charge is -2.63. The Morgan fingerprint density at radius 2 is 1.39 bits per heavy atom. The van der Waals surface area contributed by atoms with Gasteiger partial charge in [0.15, 0.2) is 0 Å². The number of rotatable bonds is 9. The lowest BCUT2D eigenvalue weighted by molar-refractivity contribution is -0.199. The first kappa shape index (κ1) is 43.5. The molecule has 12 atom stereocenters. The molecule has 2 spiro atoms. The summed E-state index contributed by atoms with van der Waals surface area (Å²) in [5.74, 6) is 0.300. The Labute approximate surface area is 336 Å². The molecule has 1 aliphatic heterocycles. The van der Waals surface area contributed by atoms with Gasteiger partial charge in [-0.25, -0.2) is 14.4 Å². The maximum absolute atomic E-state index is 14.6. The van der Waals surface area contributed by atoms with E-state index in [2.05, 4.69) is 45.3 Å². The van der Waals surface area contributed by atoms with Gasteiger partial charge in [0.25, 0.3) is 0 Å². The molecule has 4 N–H and O–H groups in total. The first-order valence-electron chi connectivity index (χ1n) is 21.8. The third-order valence-corrected chi connectivity index (χ3v) is 16.4. The van der Waals surface area contributed by atoms with Crippen molar-refractivity contribution < 1.29 is 43.5 Å². The summed E-state index contributed by atoms with van der Waals surface area (Å²) in [6, 6.07) is -1.00. The molecule has 2 unspecified atom stereocenters. The van der Waals surface area contributed by atoms with Crippen molar-refractivity contribution in [2.24, 2.45) is 44.8 Å². The molecule has 1 heterocycles. The number of alkyl carbamates (subject to hydrolysis) is 2. The first-order valence-corrected chi connectivity index (χ1v) is 21.8. The zero-order valence-electron chi connectivity index (χ0n) is 37.0. The van der Waals surface area contributed by atoms with Crippen LogP contribution >= 0.6 is 0 Å². The summed E-state index contributed by atoms with van der Waals surface area (Å²) in [7, 11) is 0. The summed E-state index contributed by atoms with van der Waals surface area (Å²) < 4.78 is 24.7. The molecule has 0 aromatic heterocycles. The van der Waals surface area contributed by atoms with Crippen LogP contribution < -0.4 is 10.6 Å². The number of ether oxygens (including phenoxy) is 4. The highest BCUT2D eigenvalue weighted by Gasteiger charge is 2.83. The molecule has 0 bridgehead atoms. The van der Waals surface area contributed by atoms with Crippen molar-refractivity contribution in [2.75, 3.05) is 6.54 Å². The average molecular weight is 789 g/mol. The molecule has 6 rings (SSSR count). The van der Waals surface area contributed by atoms with E-state index in [1.807, 2.05) is 13.8 Å². The Morgan fingerprint density at radius 1 is 0.786 bits per heavy atom. The highest BCUT2D eigenvalue weighted by Crippen LogP contribution is 2.89. The number of carbonyl (C=O) groups is 3.